The van der Waals surface area contributed by atoms with Crippen molar-refractivity contribution < 1.29 is 32.3 Å². The van der Waals surface area contributed by atoms with Crippen LogP contribution in [0.3, 0.4) is 0 Å². The van der Waals surface area contributed by atoms with Gasteiger partial charge in [-0.15, -0.1) is 0 Å². The van der Waals surface area contributed by atoms with E-state index in [1.165, 1.54) is 26.0 Å². The first-order valence-electron chi connectivity index (χ1n) is 9.75. The van der Waals surface area contributed by atoms with Gasteiger partial charge in [0.2, 0.25) is 11.7 Å². The summed E-state index contributed by atoms with van der Waals surface area (Å²) in [5, 5.41) is 13.3. The van der Waals surface area contributed by atoms with Crippen LogP contribution in [0, 0.1) is 0 Å². The molecule has 0 radical (unpaired) electrons. The number of halogens is 4. The highest BCUT2D eigenvalue weighted by Crippen LogP contribution is 2.31. The highest BCUT2D eigenvalue weighted by molar-refractivity contribution is 6.32. The Morgan fingerprint density at radius 2 is 1.82 bits per heavy atom. The van der Waals surface area contributed by atoms with Gasteiger partial charge in [0.25, 0.3) is 0 Å². The molecule has 0 aliphatic rings. The van der Waals surface area contributed by atoms with E-state index in [9.17, 15) is 23.1 Å². The maximum atomic E-state index is 12.7. The van der Waals surface area contributed by atoms with E-state index in [4.69, 9.17) is 20.9 Å². The van der Waals surface area contributed by atoms with Crippen LogP contribution in [0.25, 0.3) is 11.4 Å². The lowest BCUT2D eigenvalue weighted by Gasteiger charge is -2.22. The molecule has 1 N–H and O–H groups in total. The molecular weight excluding hydrogens is 463 g/mol. The van der Waals surface area contributed by atoms with Gasteiger partial charge >= 0.3 is 12.1 Å². The van der Waals surface area contributed by atoms with Gasteiger partial charge in [-0.3, -0.25) is 4.90 Å². The molecule has 0 spiro atoms. The van der Waals surface area contributed by atoms with E-state index in [0.717, 1.165) is 17.7 Å². The summed E-state index contributed by atoms with van der Waals surface area (Å²) in [7, 11) is 1.81. The molecule has 3 aromatic rings. The van der Waals surface area contributed by atoms with Crippen LogP contribution in [-0.2, 0) is 24.1 Å². The van der Waals surface area contributed by atoms with Crippen LogP contribution in [-0.4, -0.2) is 38.8 Å². The summed E-state index contributed by atoms with van der Waals surface area (Å²) >= 11 is 6.25. The van der Waals surface area contributed by atoms with E-state index in [0.29, 0.717) is 18.0 Å². The Morgan fingerprint density at radius 1 is 1.15 bits per heavy atom. The van der Waals surface area contributed by atoms with E-state index in [2.05, 4.69) is 10.1 Å². The van der Waals surface area contributed by atoms with Gasteiger partial charge in [-0.05, 0) is 50.7 Å². The highest BCUT2D eigenvalue weighted by Gasteiger charge is 2.31. The van der Waals surface area contributed by atoms with E-state index < -0.39 is 23.3 Å². The molecule has 2 aromatic carbocycles. The molecular formula is C22H21ClF3N3O4. The largest absolute Gasteiger partial charge is 0.478 e. The van der Waals surface area contributed by atoms with Crippen molar-refractivity contribution in [2.45, 2.75) is 38.7 Å². The van der Waals surface area contributed by atoms with Crippen LogP contribution in [0.1, 0.15) is 30.9 Å². The van der Waals surface area contributed by atoms with Gasteiger partial charge < -0.3 is 14.4 Å². The fraction of sp³-hybridized carbons (Fsp3) is 0.318. The Morgan fingerprint density at radius 3 is 2.39 bits per heavy atom. The molecule has 3 rings (SSSR count). The minimum atomic E-state index is -4.41. The molecule has 11 heteroatoms. The van der Waals surface area contributed by atoms with Gasteiger partial charge in [0.15, 0.2) is 5.60 Å². The first kappa shape index (κ1) is 24.5. The Kier molecular flexibility index (Phi) is 6.99. The van der Waals surface area contributed by atoms with Crippen LogP contribution in [0.5, 0.6) is 5.75 Å². The Bertz CT molecular complexity index is 1130. The monoisotopic (exact) mass is 483 g/mol. The van der Waals surface area contributed by atoms with Gasteiger partial charge in [-0.25, -0.2) is 4.79 Å². The normalized spacial score (nSPS) is 12.2. The van der Waals surface area contributed by atoms with Crippen LogP contribution >= 0.6 is 11.6 Å². The number of ether oxygens (including phenoxy) is 1. The zero-order valence-corrected chi connectivity index (χ0v) is 18.7. The summed E-state index contributed by atoms with van der Waals surface area (Å²) < 4.78 is 48.8. The number of hydrogen-bond donors (Lipinski definition) is 1. The number of aromatic nitrogens is 2. The summed E-state index contributed by atoms with van der Waals surface area (Å²) in [5.41, 5.74) is -0.931. The molecule has 1 aromatic heterocycles. The maximum absolute atomic E-state index is 12.7. The quantitative estimate of drug-likeness (QED) is 0.466. The summed E-state index contributed by atoms with van der Waals surface area (Å²) in [6, 6.07) is 9.55. The lowest BCUT2D eigenvalue weighted by atomic mass is 10.1. The summed E-state index contributed by atoms with van der Waals surface area (Å²) in [4.78, 5) is 17.3. The van der Waals surface area contributed by atoms with Crippen molar-refractivity contribution in [3.63, 3.8) is 0 Å². The van der Waals surface area contributed by atoms with Crippen LogP contribution < -0.4 is 4.74 Å². The topological polar surface area (TPSA) is 88.7 Å². The van der Waals surface area contributed by atoms with E-state index in [1.807, 2.05) is 11.9 Å². The second-order valence-electron chi connectivity index (χ2n) is 7.94. The third-order valence-electron chi connectivity index (χ3n) is 4.67. The molecule has 0 saturated heterocycles. The molecule has 1 heterocycles. The van der Waals surface area contributed by atoms with Crippen molar-refractivity contribution in [2.75, 3.05) is 7.05 Å². The summed E-state index contributed by atoms with van der Waals surface area (Å²) in [6.45, 7) is 3.60. The number of aliphatic carboxylic acids is 1. The molecule has 33 heavy (non-hydrogen) atoms. The number of nitrogens with zero attached hydrogens (tertiary/aromatic N) is 3. The van der Waals surface area contributed by atoms with Crippen molar-refractivity contribution in [1.29, 1.82) is 0 Å². The van der Waals surface area contributed by atoms with Gasteiger partial charge in [0.05, 0.1) is 17.1 Å². The lowest BCUT2D eigenvalue weighted by Crippen LogP contribution is -2.37. The first-order valence-corrected chi connectivity index (χ1v) is 10.1. The predicted octanol–water partition coefficient (Wildman–Crippen LogP) is 5.28. The fourth-order valence-corrected chi connectivity index (χ4v) is 3.13. The minimum Gasteiger partial charge on any atom is -0.478 e. The highest BCUT2D eigenvalue weighted by atomic mass is 35.5. The summed E-state index contributed by atoms with van der Waals surface area (Å²) in [5.74, 6) is -0.370. The van der Waals surface area contributed by atoms with Crippen molar-refractivity contribution in [1.82, 2.24) is 15.0 Å². The van der Waals surface area contributed by atoms with E-state index in [-0.39, 0.29) is 23.1 Å². The summed E-state index contributed by atoms with van der Waals surface area (Å²) in [6.07, 6.45) is -4.41. The third-order valence-corrected chi connectivity index (χ3v) is 4.97. The molecule has 0 unspecified atom stereocenters. The molecule has 176 valence electrons. The third kappa shape index (κ3) is 6.23. The molecule has 0 fully saturated rings. The molecule has 0 amide bonds. The molecule has 0 aliphatic carbocycles. The van der Waals surface area contributed by atoms with Crippen LogP contribution in [0.4, 0.5) is 13.2 Å². The van der Waals surface area contributed by atoms with Gasteiger partial charge in [0.1, 0.15) is 5.75 Å². The lowest BCUT2D eigenvalue weighted by molar-refractivity contribution is -0.152. The second kappa shape index (κ2) is 9.40. The molecule has 0 saturated carbocycles. The molecule has 0 aliphatic heterocycles. The molecule has 0 atom stereocenters. The number of benzene rings is 2. The fourth-order valence-electron chi connectivity index (χ4n) is 2.89. The van der Waals surface area contributed by atoms with Gasteiger partial charge in [-0.2, -0.15) is 18.2 Å². The second-order valence-corrected chi connectivity index (χ2v) is 8.35. The number of carboxylic acid groups (broad SMARTS) is 1. The Hall–Kier alpha value is -3.11. The number of rotatable bonds is 8. The number of carbonyl (C=O) groups is 1. The van der Waals surface area contributed by atoms with Crippen molar-refractivity contribution in [2.24, 2.45) is 0 Å². The van der Waals surface area contributed by atoms with Crippen molar-refractivity contribution in [3.8, 4) is 17.1 Å². The zero-order chi connectivity index (χ0) is 24.4. The van der Waals surface area contributed by atoms with Crippen LogP contribution in [0.2, 0.25) is 5.02 Å². The number of carboxylic acids is 1. The SMILES string of the molecule is CN(Cc1ccc(OC(C)(C)C(=O)O)c(Cl)c1)Cc1nc(-c2ccc(C(F)(F)F)cc2)no1. The molecule has 0 bridgehead atoms. The zero-order valence-electron chi connectivity index (χ0n) is 18.0. The van der Waals surface area contributed by atoms with Crippen molar-refractivity contribution >= 4 is 17.6 Å². The van der Waals surface area contributed by atoms with Gasteiger partial charge in [-0.1, -0.05) is 35.0 Å². The smallest absolute Gasteiger partial charge is 0.416 e. The average molecular weight is 484 g/mol. The molecule has 7 nitrogen and oxygen atoms in total. The Balaban J connectivity index is 1.62. The van der Waals surface area contributed by atoms with E-state index in [1.54, 1.807) is 18.2 Å². The number of alkyl halides is 3. The van der Waals surface area contributed by atoms with Crippen molar-refractivity contribution in [3.05, 3.63) is 64.5 Å². The predicted molar refractivity (Wildman–Crippen MR) is 114 cm³/mol. The number of hydrogen-bond acceptors (Lipinski definition) is 6. The van der Waals surface area contributed by atoms with Gasteiger partial charge in [0, 0.05) is 12.1 Å². The van der Waals surface area contributed by atoms with E-state index >= 15 is 0 Å². The minimum absolute atomic E-state index is 0.192. The van der Waals surface area contributed by atoms with Crippen LogP contribution in [0.15, 0.2) is 47.0 Å². The standard InChI is InChI=1S/C22H21ClF3N3O4/c1-21(2,20(30)31)32-17-9-4-13(10-16(17)23)11-29(3)12-18-27-19(28-33-18)14-5-7-15(8-6-14)22(24,25)26/h4-10H,11-12H2,1-3H3,(H,30,31). The average Bonchev–Trinajstić information content (AvgIpc) is 3.17. The Labute approximate surface area is 192 Å². The maximum Gasteiger partial charge on any atom is 0.416 e. The first-order chi connectivity index (χ1) is 15.3.